The van der Waals surface area contributed by atoms with Gasteiger partial charge in [0, 0.05) is 12.6 Å². The van der Waals surface area contributed by atoms with E-state index >= 15 is 0 Å². The molecule has 0 saturated heterocycles. The van der Waals surface area contributed by atoms with Crippen molar-refractivity contribution in [2.75, 3.05) is 7.11 Å². The average molecular weight is 283 g/mol. The van der Waals surface area contributed by atoms with Crippen LogP contribution in [-0.2, 0) is 11.3 Å². The summed E-state index contributed by atoms with van der Waals surface area (Å²) in [6, 6.07) is 16.2. The summed E-state index contributed by atoms with van der Waals surface area (Å²) in [6.07, 6.45) is 0. The van der Waals surface area contributed by atoms with Crippen molar-refractivity contribution >= 4 is 5.97 Å². The van der Waals surface area contributed by atoms with Crippen molar-refractivity contribution < 1.29 is 9.53 Å². The van der Waals surface area contributed by atoms with E-state index < -0.39 is 0 Å². The number of carbonyl (C=O) groups excluding carboxylic acids is 1. The molecule has 0 unspecified atom stereocenters. The number of nitrogens with one attached hydrogen (secondary N) is 1. The maximum Gasteiger partial charge on any atom is 0.338 e. The Balaban J connectivity index is 2.08. The molecule has 0 saturated carbocycles. The molecule has 2 aromatic rings. The van der Waals surface area contributed by atoms with Gasteiger partial charge >= 0.3 is 5.97 Å². The van der Waals surface area contributed by atoms with Crippen molar-refractivity contribution in [3.63, 3.8) is 0 Å². The van der Waals surface area contributed by atoms with Gasteiger partial charge in [-0.05, 0) is 31.0 Å². The molecule has 2 rings (SSSR count). The van der Waals surface area contributed by atoms with Gasteiger partial charge in [-0.2, -0.15) is 0 Å². The van der Waals surface area contributed by atoms with E-state index in [-0.39, 0.29) is 12.0 Å². The number of aryl methyl sites for hydroxylation is 1. The summed E-state index contributed by atoms with van der Waals surface area (Å²) in [5.74, 6) is -0.296. The van der Waals surface area contributed by atoms with Crippen LogP contribution in [0.1, 0.15) is 40.0 Å². The number of ether oxygens (including phenoxy) is 1. The normalized spacial score (nSPS) is 12.0. The molecule has 0 radical (unpaired) electrons. The van der Waals surface area contributed by atoms with Crippen LogP contribution in [0.4, 0.5) is 0 Å². The first kappa shape index (κ1) is 15.3. The molecule has 0 aliphatic rings. The van der Waals surface area contributed by atoms with Gasteiger partial charge in [-0.1, -0.05) is 48.0 Å². The van der Waals surface area contributed by atoms with Crippen molar-refractivity contribution in [2.45, 2.75) is 26.4 Å². The topological polar surface area (TPSA) is 38.3 Å². The van der Waals surface area contributed by atoms with Crippen molar-refractivity contribution in [3.8, 4) is 0 Å². The van der Waals surface area contributed by atoms with Crippen LogP contribution in [-0.4, -0.2) is 13.1 Å². The van der Waals surface area contributed by atoms with Gasteiger partial charge in [-0.15, -0.1) is 0 Å². The average Bonchev–Trinajstić information content (AvgIpc) is 2.52. The molecule has 3 nitrogen and oxygen atoms in total. The third kappa shape index (κ3) is 3.92. The Labute approximate surface area is 126 Å². The van der Waals surface area contributed by atoms with E-state index in [2.05, 4.69) is 43.4 Å². The van der Waals surface area contributed by atoms with Crippen LogP contribution in [0.25, 0.3) is 0 Å². The van der Waals surface area contributed by atoms with Gasteiger partial charge in [-0.25, -0.2) is 4.79 Å². The molecule has 1 atom stereocenters. The standard InChI is InChI=1S/C18H21NO2/c1-13-7-6-9-15(11-13)14(2)19-12-16-8-4-5-10-17(16)18(20)21-3/h4-11,14,19H,12H2,1-3H3/t14-/m1/s1. The minimum atomic E-state index is -0.296. The summed E-state index contributed by atoms with van der Waals surface area (Å²) in [4.78, 5) is 11.7. The molecule has 0 bridgehead atoms. The lowest BCUT2D eigenvalue weighted by Crippen LogP contribution is -2.20. The third-order valence-electron chi connectivity index (χ3n) is 3.56. The number of methoxy groups -OCH3 is 1. The molecule has 0 fully saturated rings. The highest BCUT2D eigenvalue weighted by Gasteiger charge is 2.12. The van der Waals surface area contributed by atoms with Crippen molar-refractivity contribution in [1.82, 2.24) is 5.32 Å². The smallest absolute Gasteiger partial charge is 0.338 e. The highest BCUT2D eigenvalue weighted by molar-refractivity contribution is 5.90. The van der Waals surface area contributed by atoms with Crippen LogP contribution in [0.15, 0.2) is 48.5 Å². The first-order valence-electron chi connectivity index (χ1n) is 7.08. The van der Waals surface area contributed by atoms with Crippen LogP contribution < -0.4 is 5.32 Å². The van der Waals surface area contributed by atoms with Crippen LogP contribution in [0.5, 0.6) is 0 Å². The molecule has 3 heteroatoms. The molecule has 0 heterocycles. The number of hydrogen-bond acceptors (Lipinski definition) is 3. The molecule has 21 heavy (non-hydrogen) atoms. The summed E-state index contributed by atoms with van der Waals surface area (Å²) >= 11 is 0. The van der Waals surface area contributed by atoms with Crippen LogP contribution in [0.3, 0.4) is 0 Å². The van der Waals surface area contributed by atoms with Crippen LogP contribution in [0, 0.1) is 6.92 Å². The van der Waals surface area contributed by atoms with Gasteiger partial charge < -0.3 is 10.1 Å². The first-order valence-corrected chi connectivity index (χ1v) is 7.08. The number of rotatable bonds is 5. The van der Waals surface area contributed by atoms with Crippen LogP contribution in [0.2, 0.25) is 0 Å². The lowest BCUT2D eigenvalue weighted by Gasteiger charge is -2.16. The zero-order chi connectivity index (χ0) is 15.2. The predicted octanol–water partition coefficient (Wildman–Crippen LogP) is 3.63. The number of esters is 1. The van der Waals surface area contributed by atoms with Gasteiger partial charge in [0.15, 0.2) is 0 Å². The predicted molar refractivity (Wildman–Crippen MR) is 84.2 cm³/mol. The summed E-state index contributed by atoms with van der Waals surface area (Å²) in [5, 5.41) is 3.45. The molecule has 0 aromatic heterocycles. The summed E-state index contributed by atoms with van der Waals surface area (Å²) < 4.78 is 4.82. The molecule has 2 aromatic carbocycles. The van der Waals surface area contributed by atoms with E-state index in [1.54, 1.807) is 6.07 Å². The summed E-state index contributed by atoms with van der Waals surface area (Å²) in [7, 11) is 1.40. The highest BCUT2D eigenvalue weighted by atomic mass is 16.5. The van der Waals surface area contributed by atoms with E-state index in [9.17, 15) is 4.79 Å². The Morgan fingerprint density at radius 2 is 1.95 bits per heavy atom. The molecular weight excluding hydrogens is 262 g/mol. The molecular formula is C18H21NO2. The van der Waals surface area contributed by atoms with Gasteiger partial charge in [0.25, 0.3) is 0 Å². The quantitative estimate of drug-likeness (QED) is 0.852. The number of carbonyl (C=O) groups is 1. The second kappa shape index (κ2) is 7.04. The minimum absolute atomic E-state index is 0.218. The zero-order valence-corrected chi connectivity index (χ0v) is 12.7. The van der Waals surface area contributed by atoms with Crippen LogP contribution >= 0.6 is 0 Å². The van der Waals surface area contributed by atoms with Gasteiger partial charge in [0.1, 0.15) is 0 Å². The van der Waals surface area contributed by atoms with Gasteiger partial charge in [0.05, 0.1) is 12.7 Å². The fourth-order valence-electron chi connectivity index (χ4n) is 2.30. The largest absolute Gasteiger partial charge is 0.465 e. The summed E-state index contributed by atoms with van der Waals surface area (Å²) in [5.41, 5.74) is 4.05. The molecule has 0 aliphatic heterocycles. The lowest BCUT2D eigenvalue weighted by molar-refractivity contribution is 0.0599. The van der Waals surface area contributed by atoms with Crippen molar-refractivity contribution in [2.24, 2.45) is 0 Å². The maximum atomic E-state index is 11.7. The molecule has 0 aliphatic carbocycles. The fourth-order valence-corrected chi connectivity index (χ4v) is 2.30. The second-order valence-corrected chi connectivity index (χ2v) is 5.17. The van der Waals surface area contributed by atoms with E-state index in [1.807, 2.05) is 18.2 Å². The molecule has 110 valence electrons. The first-order chi connectivity index (χ1) is 10.1. The van der Waals surface area contributed by atoms with E-state index in [1.165, 1.54) is 18.2 Å². The maximum absolute atomic E-state index is 11.7. The Morgan fingerprint density at radius 3 is 2.67 bits per heavy atom. The Kier molecular flexibility index (Phi) is 5.12. The van der Waals surface area contributed by atoms with E-state index in [0.717, 1.165) is 5.56 Å². The second-order valence-electron chi connectivity index (χ2n) is 5.17. The van der Waals surface area contributed by atoms with Gasteiger partial charge in [0.2, 0.25) is 0 Å². The lowest BCUT2D eigenvalue weighted by atomic mass is 10.0. The summed E-state index contributed by atoms with van der Waals surface area (Å²) in [6.45, 7) is 4.83. The highest BCUT2D eigenvalue weighted by Crippen LogP contribution is 2.16. The van der Waals surface area contributed by atoms with Crippen molar-refractivity contribution in [1.29, 1.82) is 0 Å². The molecule has 0 spiro atoms. The third-order valence-corrected chi connectivity index (χ3v) is 3.56. The SMILES string of the molecule is COC(=O)c1ccccc1CN[C@H](C)c1cccc(C)c1. The van der Waals surface area contributed by atoms with Crippen molar-refractivity contribution in [3.05, 3.63) is 70.8 Å². The number of benzene rings is 2. The monoisotopic (exact) mass is 283 g/mol. The molecule has 1 N–H and O–H groups in total. The Morgan fingerprint density at radius 1 is 1.19 bits per heavy atom. The van der Waals surface area contributed by atoms with Gasteiger partial charge in [-0.3, -0.25) is 0 Å². The fraction of sp³-hybridized carbons (Fsp3) is 0.278. The van der Waals surface area contributed by atoms with E-state index in [0.29, 0.717) is 12.1 Å². The number of hydrogen-bond donors (Lipinski definition) is 1. The zero-order valence-electron chi connectivity index (χ0n) is 12.7. The molecule has 0 amide bonds. The Bertz CT molecular complexity index is 622. The van der Waals surface area contributed by atoms with E-state index in [4.69, 9.17) is 4.74 Å². The Hall–Kier alpha value is -2.13. The minimum Gasteiger partial charge on any atom is -0.465 e.